The van der Waals surface area contributed by atoms with Gasteiger partial charge in [-0.05, 0) is 42.5 Å². The van der Waals surface area contributed by atoms with Crippen LogP contribution in [0.4, 0.5) is 23.2 Å². The van der Waals surface area contributed by atoms with Crippen LogP contribution >= 0.6 is 0 Å². The number of fused-ring (bicyclic) bond motifs is 1. The van der Waals surface area contributed by atoms with E-state index in [1.165, 1.54) is 58.9 Å². The molecule has 152 valence electrons. The summed E-state index contributed by atoms with van der Waals surface area (Å²) in [4.78, 5) is 23.1. The molecule has 4 rings (SSSR count). The van der Waals surface area contributed by atoms with Gasteiger partial charge in [0.2, 0.25) is 5.78 Å². The summed E-state index contributed by atoms with van der Waals surface area (Å²) in [6.07, 6.45) is -1.38. The molecule has 9 heteroatoms. The van der Waals surface area contributed by atoms with Crippen LogP contribution in [0.5, 0.6) is 0 Å². The number of carbonyl (C=O) groups excluding carboxylic acids is 1. The van der Waals surface area contributed by atoms with Crippen LogP contribution in [0.3, 0.4) is 0 Å². The summed E-state index contributed by atoms with van der Waals surface area (Å²) in [5, 5.41) is 0. The maximum absolute atomic E-state index is 13.3. The molecule has 2 heterocycles. The topological polar surface area (TPSA) is 50.5 Å². The van der Waals surface area contributed by atoms with Crippen molar-refractivity contribution in [3.05, 3.63) is 84.1 Å². The summed E-state index contributed by atoms with van der Waals surface area (Å²) in [5.41, 5.74) is 0.304. The van der Waals surface area contributed by atoms with Crippen molar-refractivity contribution in [3.63, 3.8) is 0 Å². The zero-order chi connectivity index (χ0) is 21.5. The highest BCUT2D eigenvalue weighted by molar-refractivity contribution is 6.08. The first-order valence-electron chi connectivity index (χ1n) is 8.80. The summed E-state index contributed by atoms with van der Waals surface area (Å²) in [6, 6.07) is 11.4. The number of nitrogens with zero attached hydrogens (tertiary/aromatic N) is 4. The predicted molar refractivity (Wildman–Crippen MR) is 103 cm³/mol. The lowest BCUT2D eigenvalue weighted by molar-refractivity contribution is -0.137. The fourth-order valence-electron chi connectivity index (χ4n) is 3.05. The number of alkyl halides is 3. The lowest BCUT2D eigenvalue weighted by atomic mass is 10.1. The first-order chi connectivity index (χ1) is 14.3. The average Bonchev–Trinajstić information content (AvgIpc) is 3.12. The number of aromatic nitrogens is 3. The van der Waals surface area contributed by atoms with Crippen LogP contribution in [-0.2, 0) is 6.18 Å². The van der Waals surface area contributed by atoms with Gasteiger partial charge in [-0.15, -0.1) is 0 Å². The van der Waals surface area contributed by atoms with Gasteiger partial charge in [-0.3, -0.25) is 9.20 Å². The second-order valence-electron chi connectivity index (χ2n) is 6.51. The third-order valence-electron chi connectivity index (χ3n) is 4.61. The van der Waals surface area contributed by atoms with Crippen molar-refractivity contribution in [1.29, 1.82) is 0 Å². The Kier molecular flexibility index (Phi) is 4.73. The van der Waals surface area contributed by atoms with Crippen LogP contribution in [0.2, 0.25) is 0 Å². The van der Waals surface area contributed by atoms with Crippen LogP contribution in [0.15, 0.2) is 67.0 Å². The second kappa shape index (κ2) is 7.25. The SMILES string of the molecule is CN(C(=O)c1c(-c2ccc(C(F)(F)F)cc2)nc2ncccn12)c1ccc(F)cc1. The van der Waals surface area contributed by atoms with E-state index in [-0.39, 0.29) is 17.2 Å². The van der Waals surface area contributed by atoms with Crippen molar-refractivity contribution in [2.45, 2.75) is 6.18 Å². The van der Waals surface area contributed by atoms with Crippen LogP contribution in [0.1, 0.15) is 16.1 Å². The molecule has 5 nitrogen and oxygen atoms in total. The number of rotatable bonds is 3. The van der Waals surface area contributed by atoms with Gasteiger partial charge in [0.15, 0.2) is 0 Å². The second-order valence-corrected chi connectivity index (χ2v) is 6.51. The van der Waals surface area contributed by atoms with Crippen molar-refractivity contribution >= 4 is 17.4 Å². The molecule has 0 saturated carbocycles. The van der Waals surface area contributed by atoms with Crippen molar-refractivity contribution in [3.8, 4) is 11.3 Å². The van der Waals surface area contributed by atoms with Gasteiger partial charge in [0, 0.05) is 30.7 Å². The van der Waals surface area contributed by atoms with E-state index in [1.54, 1.807) is 12.3 Å². The Morgan fingerprint density at radius 2 is 1.70 bits per heavy atom. The third kappa shape index (κ3) is 3.49. The molecule has 2 aromatic heterocycles. The Labute approximate surface area is 168 Å². The number of anilines is 1. The summed E-state index contributed by atoms with van der Waals surface area (Å²) >= 11 is 0. The van der Waals surface area contributed by atoms with Gasteiger partial charge in [0.05, 0.1) is 5.56 Å². The summed E-state index contributed by atoms with van der Waals surface area (Å²) in [6.45, 7) is 0. The summed E-state index contributed by atoms with van der Waals surface area (Å²) < 4.78 is 53.4. The first-order valence-corrected chi connectivity index (χ1v) is 8.80. The average molecular weight is 414 g/mol. The smallest absolute Gasteiger partial charge is 0.310 e. The quantitative estimate of drug-likeness (QED) is 0.451. The molecule has 0 N–H and O–H groups in total. The van der Waals surface area contributed by atoms with Crippen LogP contribution < -0.4 is 4.90 Å². The van der Waals surface area contributed by atoms with Crippen LogP contribution in [0.25, 0.3) is 17.0 Å². The minimum absolute atomic E-state index is 0.129. The van der Waals surface area contributed by atoms with Gasteiger partial charge in [-0.25, -0.2) is 14.4 Å². The molecule has 0 unspecified atom stereocenters. The van der Waals surface area contributed by atoms with Gasteiger partial charge in [0.25, 0.3) is 5.91 Å². The van der Waals surface area contributed by atoms with Crippen molar-refractivity contribution in [2.24, 2.45) is 0 Å². The lowest BCUT2D eigenvalue weighted by Gasteiger charge is -2.18. The van der Waals surface area contributed by atoms with Gasteiger partial charge < -0.3 is 4.90 Å². The standard InChI is InChI=1S/C21H14F4N4O/c1-28(16-9-7-15(22)8-10-16)19(30)18-17(27-20-26-11-2-12-29(18)20)13-3-5-14(6-4-13)21(23,24)25/h2-12H,1H3. The number of amides is 1. The van der Waals surface area contributed by atoms with Crippen LogP contribution in [-0.4, -0.2) is 27.3 Å². The van der Waals surface area contributed by atoms with Crippen molar-refractivity contribution < 1.29 is 22.4 Å². The molecule has 0 radical (unpaired) electrons. The number of carbonyl (C=O) groups is 1. The van der Waals surface area contributed by atoms with E-state index in [9.17, 15) is 22.4 Å². The minimum atomic E-state index is -4.47. The number of imidazole rings is 1. The van der Waals surface area contributed by atoms with E-state index in [0.717, 1.165) is 12.1 Å². The Morgan fingerprint density at radius 1 is 1.03 bits per heavy atom. The molecule has 0 aliphatic carbocycles. The molecule has 0 fully saturated rings. The molecule has 2 aromatic carbocycles. The highest BCUT2D eigenvalue weighted by atomic mass is 19.4. The molecule has 0 bridgehead atoms. The maximum atomic E-state index is 13.3. The monoisotopic (exact) mass is 414 g/mol. The minimum Gasteiger partial charge on any atom is -0.310 e. The predicted octanol–water partition coefficient (Wildman–Crippen LogP) is 4.83. The summed E-state index contributed by atoms with van der Waals surface area (Å²) in [5.74, 6) is -0.690. The molecular weight excluding hydrogens is 400 g/mol. The number of hydrogen-bond acceptors (Lipinski definition) is 3. The highest BCUT2D eigenvalue weighted by Gasteiger charge is 2.31. The molecule has 4 aromatic rings. The lowest BCUT2D eigenvalue weighted by Crippen LogP contribution is -2.28. The Bertz CT molecular complexity index is 1210. The van der Waals surface area contributed by atoms with Gasteiger partial charge in [-0.2, -0.15) is 13.2 Å². The fourth-order valence-corrected chi connectivity index (χ4v) is 3.05. The van der Waals surface area contributed by atoms with E-state index in [4.69, 9.17) is 0 Å². The Hall–Kier alpha value is -3.75. The number of halogens is 4. The Balaban J connectivity index is 1.83. The van der Waals surface area contributed by atoms with Crippen molar-refractivity contribution in [1.82, 2.24) is 14.4 Å². The van der Waals surface area contributed by atoms with E-state index in [2.05, 4.69) is 9.97 Å². The molecule has 0 saturated heterocycles. The van der Waals surface area contributed by atoms with Gasteiger partial charge in [-0.1, -0.05) is 12.1 Å². The van der Waals surface area contributed by atoms with E-state index in [0.29, 0.717) is 11.3 Å². The molecule has 0 atom stereocenters. The maximum Gasteiger partial charge on any atom is 0.416 e. The van der Waals surface area contributed by atoms with E-state index >= 15 is 0 Å². The van der Waals surface area contributed by atoms with Gasteiger partial charge >= 0.3 is 6.18 Å². The normalized spacial score (nSPS) is 11.6. The molecule has 30 heavy (non-hydrogen) atoms. The largest absolute Gasteiger partial charge is 0.416 e. The van der Waals surface area contributed by atoms with E-state index in [1.807, 2.05) is 0 Å². The number of benzene rings is 2. The zero-order valence-corrected chi connectivity index (χ0v) is 15.6. The third-order valence-corrected chi connectivity index (χ3v) is 4.61. The van der Waals surface area contributed by atoms with Crippen molar-refractivity contribution in [2.75, 3.05) is 11.9 Å². The zero-order valence-electron chi connectivity index (χ0n) is 15.6. The summed E-state index contributed by atoms with van der Waals surface area (Å²) in [7, 11) is 1.52. The molecule has 0 aliphatic rings. The van der Waals surface area contributed by atoms with Crippen LogP contribution in [0, 0.1) is 5.82 Å². The Morgan fingerprint density at radius 3 is 2.33 bits per heavy atom. The molecule has 0 spiro atoms. The molecule has 0 aliphatic heterocycles. The first kappa shape index (κ1) is 19.6. The van der Waals surface area contributed by atoms with E-state index < -0.39 is 23.5 Å². The number of hydrogen-bond donors (Lipinski definition) is 0. The highest BCUT2D eigenvalue weighted by Crippen LogP contribution is 2.32. The van der Waals surface area contributed by atoms with Gasteiger partial charge in [0.1, 0.15) is 17.2 Å². The molecular formula is C21H14F4N4O. The molecule has 1 amide bonds. The fraction of sp³-hybridized carbons (Fsp3) is 0.0952.